The number of H-pyrrole nitrogens is 1. The Morgan fingerprint density at radius 1 is 1.40 bits per heavy atom. The van der Waals surface area contributed by atoms with E-state index >= 15 is 0 Å². The highest BCUT2D eigenvalue weighted by molar-refractivity contribution is 7.10. The highest BCUT2D eigenvalue weighted by Gasteiger charge is 2.22. The molecule has 1 amide bonds. The van der Waals surface area contributed by atoms with Gasteiger partial charge in [-0.25, -0.2) is 4.98 Å². The minimum atomic E-state index is -0.411. The molecule has 0 bridgehead atoms. The predicted octanol–water partition coefficient (Wildman–Crippen LogP) is 2.47. The van der Waals surface area contributed by atoms with E-state index in [0.29, 0.717) is 12.4 Å². The molecule has 2 heterocycles. The first-order valence-corrected chi connectivity index (χ1v) is 9.07. The van der Waals surface area contributed by atoms with Crippen molar-refractivity contribution in [2.75, 3.05) is 20.6 Å². The number of nitrogens with one attached hydrogen (secondary N) is 2. The third-order valence-corrected chi connectivity index (χ3v) is 5.16. The predicted molar refractivity (Wildman–Crippen MR) is 101 cm³/mol. The van der Waals surface area contributed by atoms with Gasteiger partial charge < -0.3 is 15.2 Å². The van der Waals surface area contributed by atoms with E-state index in [4.69, 9.17) is 0 Å². The molecule has 0 radical (unpaired) electrons. The lowest BCUT2D eigenvalue weighted by Gasteiger charge is -2.24. The number of nitrogens with zero attached hydrogens (tertiary/aromatic N) is 2. The summed E-state index contributed by atoms with van der Waals surface area (Å²) < 4.78 is 0. The number of rotatable bonds is 5. The Morgan fingerprint density at radius 3 is 2.56 bits per heavy atom. The molecule has 0 aliphatic heterocycles. The largest absolute Gasteiger partial charge is 0.350 e. The molecule has 7 heteroatoms. The maximum absolute atomic E-state index is 12.4. The fraction of sp³-hybridized carbons (Fsp3) is 0.500. The topological polar surface area (TPSA) is 78.1 Å². The summed E-state index contributed by atoms with van der Waals surface area (Å²) in [5.41, 5.74) is 0.549. The van der Waals surface area contributed by atoms with Crippen LogP contribution in [0.5, 0.6) is 0 Å². The van der Waals surface area contributed by atoms with Gasteiger partial charge in [0.25, 0.3) is 11.5 Å². The Kier molecular flexibility index (Phi) is 5.80. The number of hydrogen-bond acceptors (Lipinski definition) is 5. The van der Waals surface area contributed by atoms with Crippen LogP contribution in [-0.4, -0.2) is 41.4 Å². The molecular formula is C18H26N4O2S. The van der Waals surface area contributed by atoms with Crippen molar-refractivity contribution in [3.63, 3.8) is 0 Å². The third-order valence-electron chi connectivity index (χ3n) is 4.04. The van der Waals surface area contributed by atoms with Crippen molar-refractivity contribution in [2.24, 2.45) is 0 Å². The summed E-state index contributed by atoms with van der Waals surface area (Å²) in [4.78, 5) is 34.9. The minimum absolute atomic E-state index is 0.0356. The fourth-order valence-corrected chi connectivity index (χ4v) is 3.58. The van der Waals surface area contributed by atoms with Crippen LogP contribution in [0.4, 0.5) is 0 Å². The quantitative estimate of drug-likeness (QED) is 0.856. The molecule has 0 aliphatic carbocycles. The van der Waals surface area contributed by atoms with Crippen LogP contribution < -0.4 is 10.9 Å². The second-order valence-corrected chi connectivity index (χ2v) is 8.33. The maximum atomic E-state index is 12.4. The van der Waals surface area contributed by atoms with E-state index in [2.05, 4.69) is 33.2 Å². The molecule has 1 unspecified atom stereocenters. The normalized spacial score (nSPS) is 13.1. The van der Waals surface area contributed by atoms with Crippen LogP contribution in [0.3, 0.4) is 0 Å². The van der Waals surface area contributed by atoms with E-state index in [1.807, 2.05) is 40.2 Å². The summed E-state index contributed by atoms with van der Waals surface area (Å²) in [6.45, 7) is 8.35. The van der Waals surface area contributed by atoms with Gasteiger partial charge in [0.2, 0.25) is 0 Å². The van der Waals surface area contributed by atoms with Gasteiger partial charge >= 0.3 is 0 Å². The van der Waals surface area contributed by atoms with E-state index in [-0.39, 0.29) is 17.0 Å². The molecular weight excluding hydrogens is 336 g/mol. The molecule has 2 N–H and O–H groups in total. The molecule has 0 aliphatic rings. The zero-order chi connectivity index (χ0) is 18.8. The van der Waals surface area contributed by atoms with Crippen LogP contribution in [0.1, 0.15) is 53.4 Å². The lowest BCUT2D eigenvalue weighted by Crippen LogP contribution is -2.37. The van der Waals surface area contributed by atoms with Crippen molar-refractivity contribution in [1.29, 1.82) is 0 Å². The molecule has 6 nitrogen and oxygen atoms in total. The third kappa shape index (κ3) is 4.55. The van der Waals surface area contributed by atoms with Crippen molar-refractivity contribution in [2.45, 2.75) is 39.2 Å². The molecule has 1 atom stereocenters. The molecule has 25 heavy (non-hydrogen) atoms. The van der Waals surface area contributed by atoms with Gasteiger partial charge in [0.15, 0.2) is 0 Å². The number of likely N-dealkylation sites (N-methyl/N-ethyl adjacent to an activating group) is 1. The summed E-state index contributed by atoms with van der Waals surface area (Å²) in [6.07, 6.45) is 1.36. The second kappa shape index (κ2) is 7.49. The number of hydrogen-bond donors (Lipinski definition) is 2. The first-order valence-electron chi connectivity index (χ1n) is 8.19. The van der Waals surface area contributed by atoms with Gasteiger partial charge in [-0.2, -0.15) is 0 Å². The molecule has 0 spiro atoms. The number of carbonyl (C=O) groups excluding carboxylic acids is 1. The number of amides is 1. The van der Waals surface area contributed by atoms with Crippen molar-refractivity contribution >= 4 is 17.2 Å². The van der Waals surface area contributed by atoms with Crippen LogP contribution in [0.2, 0.25) is 0 Å². The molecule has 2 aromatic heterocycles. The lowest BCUT2D eigenvalue weighted by atomic mass is 9.96. The highest BCUT2D eigenvalue weighted by atomic mass is 32.1. The van der Waals surface area contributed by atoms with E-state index in [9.17, 15) is 9.59 Å². The van der Waals surface area contributed by atoms with Crippen LogP contribution in [-0.2, 0) is 5.41 Å². The van der Waals surface area contributed by atoms with Crippen LogP contribution in [0.25, 0.3) is 0 Å². The number of carbonyl (C=O) groups is 1. The Bertz CT molecular complexity index is 802. The van der Waals surface area contributed by atoms with Crippen LogP contribution >= 0.6 is 11.3 Å². The smallest absolute Gasteiger partial charge is 0.263 e. The van der Waals surface area contributed by atoms with Gasteiger partial charge in [-0.3, -0.25) is 9.59 Å². The van der Waals surface area contributed by atoms with Gasteiger partial charge in [-0.15, -0.1) is 11.3 Å². The average Bonchev–Trinajstić information content (AvgIpc) is 2.92. The zero-order valence-corrected chi connectivity index (χ0v) is 16.5. The molecule has 0 aromatic carbocycles. The standard InChI is InChI=1S/C18H26N4O2S/c1-11-7-8-25-14(11)13(22(5)6)10-19-15(23)12-9-20-17(18(2,3)4)21-16(12)24/h7-9,13H,10H2,1-6H3,(H,19,23)(H,20,21,24). The SMILES string of the molecule is Cc1ccsc1C(CNC(=O)c1cnc(C(C)(C)C)[nH]c1=O)N(C)C. The van der Waals surface area contributed by atoms with Crippen molar-refractivity contribution in [3.8, 4) is 0 Å². The summed E-state index contributed by atoms with van der Waals surface area (Å²) in [5, 5.41) is 4.91. The van der Waals surface area contributed by atoms with Crippen molar-refractivity contribution in [1.82, 2.24) is 20.2 Å². The summed E-state index contributed by atoms with van der Waals surface area (Å²) in [7, 11) is 3.95. The van der Waals surface area contributed by atoms with Gasteiger partial charge in [0.05, 0.1) is 6.04 Å². The van der Waals surface area contributed by atoms with Gasteiger partial charge in [-0.1, -0.05) is 20.8 Å². The number of thiophene rings is 1. The Morgan fingerprint density at radius 2 is 2.08 bits per heavy atom. The van der Waals surface area contributed by atoms with E-state index in [1.54, 1.807) is 11.3 Å². The number of aromatic amines is 1. The molecule has 136 valence electrons. The minimum Gasteiger partial charge on any atom is -0.350 e. The number of aromatic nitrogens is 2. The highest BCUT2D eigenvalue weighted by Crippen LogP contribution is 2.26. The maximum Gasteiger partial charge on any atom is 0.263 e. The van der Waals surface area contributed by atoms with Gasteiger partial charge in [0.1, 0.15) is 11.4 Å². The Balaban J connectivity index is 2.14. The van der Waals surface area contributed by atoms with Crippen LogP contribution in [0.15, 0.2) is 22.4 Å². The van der Waals surface area contributed by atoms with Crippen molar-refractivity contribution in [3.05, 3.63) is 49.8 Å². The molecule has 0 fully saturated rings. The molecule has 0 saturated heterocycles. The second-order valence-electron chi connectivity index (χ2n) is 7.38. The summed E-state index contributed by atoms with van der Waals surface area (Å²) >= 11 is 1.67. The molecule has 2 aromatic rings. The summed E-state index contributed by atoms with van der Waals surface area (Å²) in [6, 6.07) is 2.13. The first kappa shape index (κ1) is 19.3. The van der Waals surface area contributed by atoms with Crippen LogP contribution in [0, 0.1) is 6.92 Å². The average molecular weight is 362 g/mol. The Hall–Kier alpha value is -1.99. The zero-order valence-electron chi connectivity index (χ0n) is 15.6. The molecule has 2 rings (SSSR count). The van der Waals surface area contributed by atoms with E-state index in [1.165, 1.54) is 16.6 Å². The van der Waals surface area contributed by atoms with E-state index in [0.717, 1.165) is 0 Å². The Labute approximate surface area is 152 Å². The fourth-order valence-electron chi connectivity index (χ4n) is 2.46. The lowest BCUT2D eigenvalue weighted by molar-refractivity contribution is 0.0940. The van der Waals surface area contributed by atoms with E-state index < -0.39 is 11.5 Å². The van der Waals surface area contributed by atoms with Crippen molar-refractivity contribution < 1.29 is 4.79 Å². The summed E-state index contributed by atoms with van der Waals surface area (Å²) in [5.74, 6) is 0.157. The molecule has 0 saturated carbocycles. The van der Waals surface area contributed by atoms with Gasteiger partial charge in [-0.05, 0) is 38.0 Å². The monoisotopic (exact) mass is 362 g/mol. The number of aryl methyl sites for hydroxylation is 1. The first-order chi connectivity index (χ1) is 11.6. The van der Waals surface area contributed by atoms with Gasteiger partial charge in [0, 0.05) is 23.0 Å².